The minimum absolute atomic E-state index is 0.198. The van der Waals surface area contributed by atoms with Gasteiger partial charge in [0.15, 0.2) is 0 Å². The molecule has 2 aromatic carbocycles. The first-order chi connectivity index (χ1) is 13.0. The average molecular weight is 448 g/mol. The van der Waals surface area contributed by atoms with E-state index < -0.39 is 17.1 Å². The maximum atomic E-state index is 13.5. The lowest BCUT2D eigenvalue weighted by Gasteiger charge is -2.29. The zero-order chi connectivity index (χ0) is 20.7. The van der Waals surface area contributed by atoms with Crippen molar-refractivity contribution < 1.29 is 18.7 Å². The van der Waals surface area contributed by atoms with Gasteiger partial charge in [-0.15, -0.1) is 0 Å². The van der Waals surface area contributed by atoms with E-state index in [1.165, 1.54) is 17.0 Å². The summed E-state index contributed by atoms with van der Waals surface area (Å²) in [6, 6.07) is 13.6. The first-order valence-corrected chi connectivity index (χ1v) is 9.88. The second-order valence-corrected chi connectivity index (χ2v) is 9.13. The highest BCUT2D eigenvalue weighted by atomic mass is 79.9. The van der Waals surface area contributed by atoms with Gasteiger partial charge in [0.2, 0.25) is 5.91 Å². The largest absolute Gasteiger partial charge is 0.443 e. The fourth-order valence-electron chi connectivity index (χ4n) is 3.61. The van der Waals surface area contributed by atoms with Gasteiger partial charge in [-0.05, 0) is 63.1 Å². The molecule has 3 rings (SSSR count). The van der Waals surface area contributed by atoms with Crippen molar-refractivity contribution in [1.29, 1.82) is 0 Å². The van der Waals surface area contributed by atoms with Crippen molar-refractivity contribution in [3.05, 3.63) is 69.9 Å². The lowest BCUT2D eigenvalue weighted by molar-refractivity contribution is -0.131. The summed E-state index contributed by atoms with van der Waals surface area (Å²) in [5.41, 5.74) is -0.134. The third-order valence-electron chi connectivity index (χ3n) is 5.08. The normalized spacial score (nSPS) is 22.4. The summed E-state index contributed by atoms with van der Waals surface area (Å²) in [6.45, 7) is 7.29. The van der Waals surface area contributed by atoms with Gasteiger partial charge in [0.25, 0.3) is 0 Å². The summed E-state index contributed by atoms with van der Waals surface area (Å²) in [7, 11) is 0. The molecule has 2 aromatic rings. The summed E-state index contributed by atoms with van der Waals surface area (Å²) in [5.74, 6) is -1.01. The standard InChI is InChI=1S/C22H23BrFNO3/c1-21(2,3)28-20(27)25-13-18(14-5-9-16(23)10-6-14)22(4,19(25)26)15-7-11-17(24)12-8-15/h5-12,18H,13H2,1-4H3. The van der Waals surface area contributed by atoms with Crippen molar-refractivity contribution in [2.45, 2.75) is 44.6 Å². The fourth-order valence-corrected chi connectivity index (χ4v) is 3.87. The molecule has 0 spiro atoms. The molecule has 2 atom stereocenters. The molecule has 2 amide bonds. The van der Waals surface area contributed by atoms with E-state index >= 15 is 0 Å². The van der Waals surface area contributed by atoms with Crippen LogP contribution in [0.3, 0.4) is 0 Å². The van der Waals surface area contributed by atoms with Gasteiger partial charge in [-0.3, -0.25) is 4.79 Å². The van der Waals surface area contributed by atoms with Gasteiger partial charge in [-0.2, -0.15) is 0 Å². The summed E-state index contributed by atoms with van der Waals surface area (Å²) >= 11 is 3.42. The molecule has 1 saturated heterocycles. The molecule has 148 valence electrons. The van der Waals surface area contributed by atoms with E-state index in [2.05, 4.69) is 15.9 Å². The van der Waals surface area contributed by atoms with E-state index in [1.54, 1.807) is 39.8 Å². The molecule has 1 fully saturated rings. The summed E-state index contributed by atoms with van der Waals surface area (Å²) in [4.78, 5) is 27.3. The van der Waals surface area contributed by atoms with Crippen LogP contribution < -0.4 is 0 Å². The Hall–Kier alpha value is -2.21. The molecule has 2 unspecified atom stereocenters. The third-order valence-corrected chi connectivity index (χ3v) is 5.61. The molecule has 1 aliphatic rings. The highest BCUT2D eigenvalue weighted by Gasteiger charge is 2.54. The van der Waals surface area contributed by atoms with Crippen LogP contribution in [0.25, 0.3) is 0 Å². The highest BCUT2D eigenvalue weighted by molar-refractivity contribution is 9.10. The highest BCUT2D eigenvalue weighted by Crippen LogP contribution is 2.46. The van der Waals surface area contributed by atoms with E-state index in [-0.39, 0.29) is 24.2 Å². The molecule has 6 heteroatoms. The maximum Gasteiger partial charge on any atom is 0.417 e. The number of imide groups is 1. The van der Waals surface area contributed by atoms with E-state index in [0.717, 1.165) is 10.0 Å². The Kier molecular flexibility index (Phi) is 5.36. The summed E-state index contributed by atoms with van der Waals surface area (Å²) in [5, 5.41) is 0. The molecular formula is C22H23BrFNO3. The van der Waals surface area contributed by atoms with Crippen LogP contribution in [0.1, 0.15) is 44.7 Å². The zero-order valence-corrected chi connectivity index (χ0v) is 17.9. The van der Waals surface area contributed by atoms with E-state index in [4.69, 9.17) is 4.74 Å². The van der Waals surface area contributed by atoms with Gasteiger partial charge in [0.1, 0.15) is 11.4 Å². The predicted octanol–water partition coefficient (Wildman–Crippen LogP) is 5.41. The van der Waals surface area contributed by atoms with Gasteiger partial charge >= 0.3 is 6.09 Å². The molecular weight excluding hydrogens is 425 g/mol. The number of halogens is 2. The molecule has 0 N–H and O–H groups in total. The Morgan fingerprint density at radius 3 is 2.25 bits per heavy atom. The van der Waals surface area contributed by atoms with Crippen LogP contribution in [0.15, 0.2) is 53.0 Å². The summed E-state index contributed by atoms with van der Waals surface area (Å²) < 4.78 is 19.8. The number of ether oxygens (including phenoxy) is 1. The van der Waals surface area contributed by atoms with Crippen molar-refractivity contribution >= 4 is 27.9 Å². The van der Waals surface area contributed by atoms with Gasteiger partial charge in [0, 0.05) is 16.9 Å². The molecule has 1 heterocycles. The van der Waals surface area contributed by atoms with Crippen LogP contribution in [0.4, 0.5) is 9.18 Å². The second-order valence-electron chi connectivity index (χ2n) is 8.21. The Morgan fingerprint density at radius 1 is 1.14 bits per heavy atom. The number of nitrogens with zero attached hydrogens (tertiary/aromatic N) is 1. The Morgan fingerprint density at radius 2 is 1.71 bits per heavy atom. The number of carbonyl (C=O) groups excluding carboxylic acids is 2. The second kappa shape index (κ2) is 7.32. The van der Waals surface area contributed by atoms with Crippen molar-refractivity contribution in [1.82, 2.24) is 4.90 Å². The van der Waals surface area contributed by atoms with Crippen molar-refractivity contribution in [3.63, 3.8) is 0 Å². The topological polar surface area (TPSA) is 46.6 Å². The van der Waals surface area contributed by atoms with Crippen LogP contribution in [0.2, 0.25) is 0 Å². The smallest absolute Gasteiger partial charge is 0.417 e. The van der Waals surface area contributed by atoms with Crippen molar-refractivity contribution in [2.75, 3.05) is 6.54 Å². The molecule has 1 aliphatic heterocycles. The Bertz CT molecular complexity index is 889. The maximum absolute atomic E-state index is 13.5. The average Bonchev–Trinajstić information content (AvgIpc) is 2.88. The van der Waals surface area contributed by atoms with Gasteiger partial charge < -0.3 is 4.74 Å². The number of rotatable bonds is 2. The monoisotopic (exact) mass is 447 g/mol. The number of amides is 2. The predicted molar refractivity (Wildman–Crippen MR) is 109 cm³/mol. The van der Waals surface area contributed by atoms with Crippen LogP contribution in [0.5, 0.6) is 0 Å². The first kappa shape index (κ1) is 20.5. The molecule has 0 bridgehead atoms. The molecule has 4 nitrogen and oxygen atoms in total. The van der Waals surface area contributed by atoms with E-state index in [0.29, 0.717) is 5.56 Å². The minimum atomic E-state index is -1.02. The van der Waals surface area contributed by atoms with Crippen LogP contribution in [-0.2, 0) is 14.9 Å². The van der Waals surface area contributed by atoms with Gasteiger partial charge in [-0.1, -0.05) is 40.2 Å². The number of carbonyl (C=O) groups is 2. The van der Waals surface area contributed by atoms with E-state index in [1.807, 2.05) is 24.3 Å². The molecule has 0 aromatic heterocycles. The molecule has 28 heavy (non-hydrogen) atoms. The molecule has 0 saturated carbocycles. The van der Waals surface area contributed by atoms with E-state index in [9.17, 15) is 14.0 Å². The van der Waals surface area contributed by atoms with Crippen molar-refractivity contribution in [3.8, 4) is 0 Å². The zero-order valence-electron chi connectivity index (χ0n) is 16.3. The summed E-state index contributed by atoms with van der Waals surface area (Å²) in [6.07, 6.45) is -0.662. The molecule has 0 radical (unpaired) electrons. The SMILES string of the molecule is CC(C)(C)OC(=O)N1CC(c2ccc(Br)cc2)C(C)(c2ccc(F)cc2)C1=O. The number of benzene rings is 2. The first-order valence-electron chi connectivity index (χ1n) is 9.09. The molecule has 0 aliphatic carbocycles. The van der Waals surface area contributed by atoms with Crippen molar-refractivity contribution in [2.24, 2.45) is 0 Å². The fraction of sp³-hybridized carbons (Fsp3) is 0.364. The van der Waals surface area contributed by atoms with Crippen LogP contribution in [-0.4, -0.2) is 29.0 Å². The van der Waals surface area contributed by atoms with Gasteiger partial charge in [0.05, 0.1) is 5.41 Å². The minimum Gasteiger partial charge on any atom is -0.443 e. The van der Waals surface area contributed by atoms with Gasteiger partial charge in [-0.25, -0.2) is 14.1 Å². The Labute approximate surface area is 172 Å². The number of likely N-dealkylation sites (tertiary alicyclic amines) is 1. The Balaban J connectivity index is 2.06. The number of hydrogen-bond donors (Lipinski definition) is 0. The number of hydrogen-bond acceptors (Lipinski definition) is 3. The van der Waals surface area contributed by atoms with Crippen LogP contribution in [0, 0.1) is 5.82 Å². The quantitative estimate of drug-likeness (QED) is 0.618. The lowest BCUT2D eigenvalue weighted by Crippen LogP contribution is -2.42. The lowest BCUT2D eigenvalue weighted by atomic mass is 9.71. The third kappa shape index (κ3) is 3.83. The van der Waals surface area contributed by atoms with Crippen LogP contribution >= 0.6 is 15.9 Å².